The quantitative estimate of drug-likeness (QED) is 0.349. The van der Waals surface area contributed by atoms with E-state index in [0.717, 1.165) is 0 Å². The number of fused-ring (bicyclic) bond motifs is 6. The Balaban J connectivity index is 1.63. The van der Waals surface area contributed by atoms with E-state index in [9.17, 15) is 9.59 Å². The normalized spacial score (nSPS) is 17.0. The molecule has 1 atom stereocenters. The maximum Gasteiger partial charge on any atom is 0.356 e. The van der Waals surface area contributed by atoms with Crippen molar-refractivity contribution in [2.45, 2.75) is 45.7 Å². The summed E-state index contributed by atoms with van der Waals surface area (Å²) in [5.41, 5.74) is 0.868. The molecule has 1 unspecified atom stereocenters. The number of aromatic nitrogens is 7. The number of aryl methyl sites for hydroxylation is 1. The molecule has 6 heterocycles. The van der Waals surface area contributed by atoms with Gasteiger partial charge in [0, 0.05) is 50.9 Å². The smallest absolute Gasteiger partial charge is 0.356 e. The van der Waals surface area contributed by atoms with Crippen molar-refractivity contribution >= 4 is 22.8 Å². The van der Waals surface area contributed by atoms with Gasteiger partial charge in [0.1, 0.15) is 28.6 Å². The molecule has 4 aromatic heterocycles. The number of nitrogens with zero attached hydrogens (tertiary/aromatic N) is 9. The van der Waals surface area contributed by atoms with E-state index in [4.69, 9.17) is 9.72 Å². The van der Waals surface area contributed by atoms with Gasteiger partial charge in [0.05, 0.1) is 23.9 Å². The van der Waals surface area contributed by atoms with Gasteiger partial charge in [-0.05, 0) is 25.0 Å². The summed E-state index contributed by atoms with van der Waals surface area (Å²) in [7, 11) is 0. The largest absolute Gasteiger partial charge is 0.491 e. The number of piperazine rings is 1. The topological polar surface area (TPSA) is 124 Å². The molecule has 41 heavy (non-hydrogen) atoms. The number of carbonyl (C=O) groups is 1. The maximum absolute atomic E-state index is 15.8. The Morgan fingerprint density at radius 3 is 2.83 bits per heavy atom. The lowest BCUT2D eigenvalue weighted by atomic mass is 10.1. The highest BCUT2D eigenvalue weighted by molar-refractivity contribution is 5.91. The zero-order chi connectivity index (χ0) is 28.8. The lowest BCUT2D eigenvalue weighted by Gasteiger charge is -2.40. The first-order valence-corrected chi connectivity index (χ1v) is 13.6. The molecule has 1 amide bonds. The Labute approximate surface area is 235 Å². The first-order valence-electron chi connectivity index (χ1n) is 13.6. The first-order chi connectivity index (χ1) is 19.8. The van der Waals surface area contributed by atoms with Crippen LogP contribution in [0.25, 0.3) is 28.1 Å². The lowest BCUT2D eigenvalue weighted by molar-refractivity contribution is -0.128. The predicted octanol–water partition coefficient (Wildman–Crippen LogP) is 2.70. The molecule has 1 fully saturated rings. The number of anilines is 1. The predicted molar refractivity (Wildman–Crippen MR) is 150 cm³/mol. The van der Waals surface area contributed by atoms with Crippen molar-refractivity contribution in [1.82, 2.24) is 39.4 Å². The van der Waals surface area contributed by atoms with Crippen molar-refractivity contribution < 1.29 is 13.9 Å². The summed E-state index contributed by atoms with van der Waals surface area (Å²) in [5, 5.41) is 8.61. The second kappa shape index (κ2) is 10.4. The van der Waals surface area contributed by atoms with Crippen molar-refractivity contribution in [3.8, 4) is 22.8 Å². The minimum atomic E-state index is -0.618. The molecule has 0 radical (unpaired) electrons. The number of pyridine rings is 2. The number of hydrogen-bond donors (Lipinski definition) is 0. The second-order valence-corrected chi connectivity index (χ2v) is 10.5. The van der Waals surface area contributed by atoms with Gasteiger partial charge in [-0.15, -0.1) is 5.10 Å². The Morgan fingerprint density at radius 2 is 2.07 bits per heavy atom. The van der Waals surface area contributed by atoms with Crippen molar-refractivity contribution in [1.29, 1.82) is 0 Å². The van der Waals surface area contributed by atoms with E-state index in [1.165, 1.54) is 16.7 Å². The molecule has 4 aromatic rings. The van der Waals surface area contributed by atoms with E-state index in [0.29, 0.717) is 67.5 Å². The van der Waals surface area contributed by atoms with Crippen molar-refractivity contribution in [3.63, 3.8) is 0 Å². The summed E-state index contributed by atoms with van der Waals surface area (Å²) >= 11 is 0. The van der Waals surface area contributed by atoms with Crippen molar-refractivity contribution in [3.05, 3.63) is 59.2 Å². The summed E-state index contributed by atoms with van der Waals surface area (Å²) in [5.74, 6) is -0.105. The van der Waals surface area contributed by atoms with Crippen LogP contribution >= 0.6 is 0 Å². The third-order valence-electron chi connectivity index (χ3n) is 7.44. The SMILES string of the molecule is C=CC(=O)N1CCN(c2nc(=O)n3c4nc(c(F)cc24)-c2cn(nn2)CCCOc2ccnc(C(C)C)c2-3)CC1C. The maximum atomic E-state index is 15.8. The summed E-state index contributed by atoms with van der Waals surface area (Å²) in [6.07, 6.45) is 5.17. The Morgan fingerprint density at radius 1 is 1.24 bits per heavy atom. The van der Waals surface area contributed by atoms with E-state index in [2.05, 4.69) is 26.9 Å². The van der Waals surface area contributed by atoms with Gasteiger partial charge < -0.3 is 14.5 Å². The van der Waals surface area contributed by atoms with Crippen LogP contribution in [0.2, 0.25) is 0 Å². The average molecular weight is 560 g/mol. The van der Waals surface area contributed by atoms with Gasteiger partial charge >= 0.3 is 5.69 Å². The molecule has 2 aliphatic heterocycles. The van der Waals surface area contributed by atoms with E-state index in [1.807, 2.05) is 25.7 Å². The fourth-order valence-corrected chi connectivity index (χ4v) is 5.46. The van der Waals surface area contributed by atoms with Gasteiger partial charge in [0.25, 0.3) is 0 Å². The molecule has 0 aromatic carbocycles. The van der Waals surface area contributed by atoms with Gasteiger partial charge in [-0.1, -0.05) is 25.6 Å². The first kappa shape index (κ1) is 26.5. The van der Waals surface area contributed by atoms with Crippen LogP contribution in [0.1, 0.15) is 38.8 Å². The standard InChI is InChI=1S/C28H30FN9O3/c1-5-22(39)37-11-10-35(14-17(37)4)26-18-13-19(29)24-20-15-36(34-33-20)9-6-12-41-21-7-8-30-23(16(2)3)25(21)38(27(18)31-24)28(40)32-26/h5,7-8,13,15-17H,1,6,9-12,14H2,2-4H3. The number of carbonyl (C=O) groups excluding carboxylic acids is 1. The molecule has 6 rings (SSSR count). The third-order valence-corrected chi connectivity index (χ3v) is 7.44. The molecule has 0 spiro atoms. The van der Waals surface area contributed by atoms with Gasteiger partial charge in [0.2, 0.25) is 5.91 Å². The highest BCUT2D eigenvalue weighted by Crippen LogP contribution is 2.35. The van der Waals surface area contributed by atoms with E-state index in [1.54, 1.807) is 28.0 Å². The minimum absolute atomic E-state index is 0.0273. The van der Waals surface area contributed by atoms with Gasteiger partial charge in [-0.3, -0.25) is 14.5 Å². The Kier molecular flexibility index (Phi) is 6.72. The zero-order valence-corrected chi connectivity index (χ0v) is 23.1. The van der Waals surface area contributed by atoms with Crippen LogP contribution < -0.4 is 15.3 Å². The number of hydrogen-bond acceptors (Lipinski definition) is 9. The molecule has 4 bridgehead atoms. The molecule has 12 nitrogen and oxygen atoms in total. The van der Waals surface area contributed by atoms with Crippen molar-refractivity contribution in [2.75, 3.05) is 31.1 Å². The Hall–Kier alpha value is -4.68. The van der Waals surface area contributed by atoms with Crippen LogP contribution in [0.5, 0.6) is 5.75 Å². The van der Waals surface area contributed by atoms with Crippen LogP contribution in [-0.2, 0) is 11.3 Å². The van der Waals surface area contributed by atoms with Gasteiger partial charge in [-0.25, -0.2) is 18.7 Å². The lowest BCUT2D eigenvalue weighted by Crippen LogP contribution is -2.54. The fraction of sp³-hybridized carbons (Fsp3) is 0.393. The number of amides is 1. The monoisotopic (exact) mass is 559 g/mol. The summed E-state index contributed by atoms with van der Waals surface area (Å²) in [6, 6.07) is 2.86. The number of rotatable bonds is 3. The summed E-state index contributed by atoms with van der Waals surface area (Å²) in [4.78, 5) is 43.7. The van der Waals surface area contributed by atoms with E-state index >= 15 is 4.39 Å². The van der Waals surface area contributed by atoms with Crippen LogP contribution in [0.15, 0.2) is 42.0 Å². The van der Waals surface area contributed by atoms with Gasteiger partial charge in [-0.2, -0.15) is 4.98 Å². The van der Waals surface area contributed by atoms with Crippen molar-refractivity contribution in [2.24, 2.45) is 0 Å². The summed E-state index contributed by atoms with van der Waals surface area (Å²) in [6.45, 7) is 11.5. The highest BCUT2D eigenvalue weighted by atomic mass is 19.1. The van der Waals surface area contributed by atoms with E-state index in [-0.39, 0.29) is 34.9 Å². The molecule has 0 saturated carbocycles. The van der Waals surface area contributed by atoms with Crippen LogP contribution in [0.4, 0.5) is 10.2 Å². The minimum Gasteiger partial charge on any atom is -0.491 e. The number of halogens is 1. The summed E-state index contributed by atoms with van der Waals surface area (Å²) < 4.78 is 25.0. The molecule has 13 heteroatoms. The second-order valence-electron chi connectivity index (χ2n) is 10.5. The van der Waals surface area contributed by atoms with Gasteiger partial charge in [0.15, 0.2) is 11.5 Å². The van der Waals surface area contributed by atoms with E-state index < -0.39 is 11.5 Å². The molecule has 0 aliphatic carbocycles. The van der Waals surface area contributed by atoms with Crippen LogP contribution in [0, 0.1) is 5.82 Å². The fourth-order valence-electron chi connectivity index (χ4n) is 5.46. The number of ether oxygens (including phenoxy) is 1. The third kappa shape index (κ3) is 4.60. The zero-order valence-electron chi connectivity index (χ0n) is 23.1. The molecule has 0 N–H and O–H groups in total. The molecule has 212 valence electrons. The van der Waals surface area contributed by atoms with Crippen LogP contribution in [-0.4, -0.2) is 77.6 Å². The van der Waals surface area contributed by atoms with Crippen LogP contribution in [0.3, 0.4) is 0 Å². The molecule has 1 saturated heterocycles. The Bertz CT molecular complexity index is 1730. The highest BCUT2D eigenvalue weighted by Gasteiger charge is 2.31. The molecular formula is C28H30FN9O3. The molecular weight excluding hydrogens is 529 g/mol. The average Bonchev–Trinajstić information content (AvgIpc) is 3.43. The molecule has 2 aliphatic rings.